The van der Waals surface area contributed by atoms with Crippen LogP contribution in [0.4, 0.5) is 5.69 Å². The van der Waals surface area contributed by atoms with E-state index in [1.165, 1.54) is 5.56 Å². The van der Waals surface area contributed by atoms with E-state index in [1.807, 2.05) is 54.8 Å². The van der Waals surface area contributed by atoms with Crippen LogP contribution in [0, 0.1) is 13.8 Å². The lowest BCUT2D eigenvalue weighted by Gasteiger charge is -2.18. The summed E-state index contributed by atoms with van der Waals surface area (Å²) in [5.74, 6) is 0.111. The molecule has 37 heavy (non-hydrogen) atoms. The van der Waals surface area contributed by atoms with Gasteiger partial charge in [-0.3, -0.25) is 13.9 Å². The molecule has 5 rings (SSSR count). The zero-order chi connectivity index (χ0) is 26.1. The van der Waals surface area contributed by atoms with E-state index in [4.69, 9.17) is 11.6 Å². The Bertz CT molecular complexity index is 1630. The molecule has 1 unspecified atom stereocenters. The van der Waals surface area contributed by atoms with Crippen LogP contribution in [0.3, 0.4) is 0 Å². The highest BCUT2D eigenvalue weighted by Gasteiger charge is 2.24. The summed E-state index contributed by atoms with van der Waals surface area (Å²) in [7, 11) is 0. The van der Waals surface area contributed by atoms with E-state index >= 15 is 0 Å². The number of fused-ring (bicyclic) bond motifs is 1. The third kappa shape index (κ3) is 5.06. The van der Waals surface area contributed by atoms with Gasteiger partial charge >= 0.3 is 0 Å². The highest BCUT2D eigenvalue weighted by molar-refractivity contribution is 7.81. The van der Waals surface area contributed by atoms with Gasteiger partial charge in [-0.15, -0.1) is 0 Å². The number of rotatable bonds is 6. The number of carbonyl (C=O) groups excluding carboxylic acids is 1. The summed E-state index contributed by atoms with van der Waals surface area (Å²) >= 11 is 4.21. The predicted octanol–water partition coefficient (Wildman–Crippen LogP) is 6.67. The largest absolute Gasteiger partial charge is 0.295 e. The summed E-state index contributed by atoms with van der Waals surface area (Å²) < 4.78 is 24.8. The molecule has 4 aromatic carbocycles. The van der Waals surface area contributed by atoms with Gasteiger partial charge in [0, 0.05) is 5.56 Å². The van der Waals surface area contributed by atoms with Crippen LogP contribution in [0.25, 0.3) is 16.7 Å². The van der Waals surface area contributed by atoms with Gasteiger partial charge in [0.1, 0.15) is 5.82 Å². The van der Waals surface area contributed by atoms with Gasteiger partial charge in [-0.1, -0.05) is 65.7 Å². The zero-order valence-electron chi connectivity index (χ0n) is 20.3. The van der Waals surface area contributed by atoms with E-state index in [1.54, 1.807) is 42.5 Å². The molecule has 0 aliphatic carbocycles. The van der Waals surface area contributed by atoms with E-state index in [0.29, 0.717) is 27.6 Å². The van der Waals surface area contributed by atoms with Crippen molar-refractivity contribution >= 4 is 45.5 Å². The molecule has 0 radical (unpaired) electrons. The number of hydrogen-bond acceptors (Lipinski definition) is 3. The summed E-state index contributed by atoms with van der Waals surface area (Å²) in [5.41, 5.74) is 5.94. The molecule has 8 heteroatoms. The molecule has 5 aromatic rings. The lowest BCUT2D eigenvalue weighted by molar-refractivity contribution is 0.100. The smallest absolute Gasteiger partial charge is 0.272 e. The first kappa shape index (κ1) is 24.9. The Kier molecular flexibility index (Phi) is 6.93. The van der Waals surface area contributed by atoms with Gasteiger partial charge in [-0.05, 0) is 73.9 Å². The monoisotopic (exact) mass is 529 g/mol. The van der Waals surface area contributed by atoms with Gasteiger partial charge in [0.2, 0.25) is 0 Å². The van der Waals surface area contributed by atoms with E-state index in [9.17, 15) is 13.6 Å². The second-order valence-electron chi connectivity index (χ2n) is 8.81. The number of aromatic nitrogens is 2. The zero-order valence-corrected chi connectivity index (χ0v) is 21.8. The summed E-state index contributed by atoms with van der Waals surface area (Å²) in [6.07, 6.45) is 0.760. The normalized spacial score (nSPS) is 12.0. The number of nitrogens with zero attached hydrogens (tertiary/aromatic N) is 3. The maximum atomic E-state index is 13.4. The van der Waals surface area contributed by atoms with E-state index in [-0.39, 0.29) is 5.56 Å². The fraction of sp³-hybridized carbons (Fsp3) is 0.103. The number of amides is 1. The van der Waals surface area contributed by atoms with Gasteiger partial charge in [0.25, 0.3) is 17.2 Å². The van der Waals surface area contributed by atoms with Crippen LogP contribution in [-0.2, 0) is 17.7 Å². The van der Waals surface area contributed by atoms with Crippen LogP contribution >= 0.6 is 11.6 Å². The van der Waals surface area contributed by atoms with Crippen molar-refractivity contribution in [1.29, 1.82) is 0 Å². The molecule has 0 saturated heterocycles. The van der Waals surface area contributed by atoms with Crippen molar-refractivity contribution in [3.8, 4) is 5.69 Å². The minimum absolute atomic E-state index is 0.258. The molecule has 0 saturated carbocycles. The molecular weight excluding hydrogens is 506 g/mol. The molecule has 1 aromatic heterocycles. The van der Waals surface area contributed by atoms with E-state index < -0.39 is 17.2 Å². The first-order valence-electron chi connectivity index (χ1n) is 11.7. The van der Waals surface area contributed by atoms with Crippen molar-refractivity contribution in [3.63, 3.8) is 0 Å². The fourth-order valence-corrected chi connectivity index (χ4v) is 5.22. The third-order valence-corrected chi connectivity index (χ3v) is 7.17. The molecule has 0 bridgehead atoms. The first-order chi connectivity index (χ1) is 17.8. The highest BCUT2D eigenvalue weighted by atomic mass is 35.5. The topological polar surface area (TPSA) is 75.4 Å². The predicted molar refractivity (Wildman–Crippen MR) is 149 cm³/mol. The molecular formula is C29H24ClN3O3S. The Balaban J connectivity index is 1.53. The van der Waals surface area contributed by atoms with Crippen molar-refractivity contribution in [2.75, 3.05) is 4.31 Å². The number of benzene rings is 4. The summed E-state index contributed by atoms with van der Waals surface area (Å²) in [5, 5.41) is 0.560. The van der Waals surface area contributed by atoms with Crippen LogP contribution in [-0.4, -0.2) is 24.2 Å². The molecule has 1 N–H and O–H groups in total. The Morgan fingerprint density at radius 1 is 0.946 bits per heavy atom. The van der Waals surface area contributed by atoms with Crippen LogP contribution in [0.2, 0.25) is 5.02 Å². The standard InChI is InChI=1S/C29H24ClN3O3S/c1-19-8-12-24(13-9-19)33(37(35)36)29(34)23-11-14-26-28(18-23)32(20(2)31-26)27-15-10-22(17-25(27)30)16-21-6-4-3-5-7-21/h3-15,17-18H,16H2,1-2H3,(H,35,36). The molecule has 0 aliphatic heterocycles. The molecule has 0 spiro atoms. The maximum Gasteiger partial charge on any atom is 0.272 e. The Morgan fingerprint density at radius 3 is 2.35 bits per heavy atom. The van der Waals surface area contributed by atoms with Gasteiger partial charge < -0.3 is 0 Å². The number of hydrogen-bond donors (Lipinski definition) is 1. The lowest BCUT2D eigenvalue weighted by Crippen LogP contribution is -2.32. The first-order valence-corrected chi connectivity index (χ1v) is 13.1. The van der Waals surface area contributed by atoms with Gasteiger partial charge in [-0.25, -0.2) is 13.5 Å². The summed E-state index contributed by atoms with van der Waals surface area (Å²) in [4.78, 5) is 18.0. The van der Waals surface area contributed by atoms with E-state index in [2.05, 4.69) is 17.1 Å². The minimum atomic E-state index is -2.54. The average Bonchev–Trinajstić information content (AvgIpc) is 3.20. The number of halogens is 1. The lowest BCUT2D eigenvalue weighted by atomic mass is 10.0. The van der Waals surface area contributed by atoms with Crippen molar-refractivity contribution in [3.05, 3.63) is 124 Å². The highest BCUT2D eigenvalue weighted by Crippen LogP contribution is 2.30. The Hall–Kier alpha value is -3.78. The second kappa shape index (κ2) is 10.3. The molecule has 1 heterocycles. The molecule has 0 fully saturated rings. The van der Waals surface area contributed by atoms with Gasteiger partial charge in [-0.2, -0.15) is 0 Å². The Morgan fingerprint density at radius 2 is 1.68 bits per heavy atom. The summed E-state index contributed by atoms with van der Waals surface area (Å²) in [6.45, 7) is 3.78. The number of anilines is 1. The van der Waals surface area contributed by atoms with Crippen LogP contribution in [0.1, 0.15) is 32.9 Å². The van der Waals surface area contributed by atoms with Gasteiger partial charge in [0.05, 0.1) is 27.4 Å². The third-order valence-electron chi connectivity index (χ3n) is 6.18. The minimum Gasteiger partial charge on any atom is -0.295 e. The van der Waals surface area contributed by atoms with Crippen molar-refractivity contribution < 1.29 is 13.6 Å². The maximum absolute atomic E-state index is 13.4. The number of carbonyl (C=O) groups is 1. The SMILES string of the molecule is Cc1ccc(N(C(=O)c2ccc3nc(C)n(-c4ccc(Cc5ccccc5)cc4Cl)c3c2)S(=O)O)cc1. The average molecular weight is 530 g/mol. The molecule has 6 nitrogen and oxygen atoms in total. The van der Waals surface area contributed by atoms with Crippen molar-refractivity contribution in [2.45, 2.75) is 20.3 Å². The number of imidazole rings is 1. The number of aryl methyl sites for hydroxylation is 2. The quantitative estimate of drug-likeness (QED) is 0.249. The molecule has 1 amide bonds. The van der Waals surface area contributed by atoms with Crippen LogP contribution in [0.5, 0.6) is 0 Å². The van der Waals surface area contributed by atoms with Crippen molar-refractivity contribution in [1.82, 2.24) is 9.55 Å². The Labute approximate surface area is 222 Å². The van der Waals surface area contributed by atoms with Gasteiger partial charge in [0.15, 0.2) is 0 Å². The van der Waals surface area contributed by atoms with Crippen LogP contribution in [0.15, 0.2) is 91.0 Å². The van der Waals surface area contributed by atoms with Crippen molar-refractivity contribution in [2.24, 2.45) is 0 Å². The fourth-order valence-electron chi connectivity index (χ4n) is 4.38. The molecule has 1 atom stereocenters. The molecule has 186 valence electrons. The second-order valence-corrected chi connectivity index (χ2v) is 10.0. The molecule has 0 aliphatic rings. The van der Waals surface area contributed by atoms with Crippen LogP contribution < -0.4 is 4.31 Å². The van der Waals surface area contributed by atoms with E-state index in [0.717, 1.165) is 27.5 Å². The summed E-state index contributed by atoms with van der Waals surface area (Å²) in [6, 6.07) is 28.0.